The van der Waals surface area contributed by atoms with Crippen LogP contribution in [0.2, 0.25) is 0 Å². The topological polar surface area (TPSA) is 82.5 Å². The minimum atomic E-state index is 0.400. The lowest BCUT2D eigenvalue weighted by Gasteiger charge is -1.98. The molecular weight excluding hydrogens is 180 g/mol. The molecule has 0 aliphatic heterocycles. The molecule has 0 radical (unpaired) electrons. The Hall–Kier alpha value is -1.98. The van der Waals surface area contributed by atoms with Gasteiger partial charge in [-0.05, 0) is 12.5 Å². The summed E-state index contributed by atoms with van der Waals surface area (Å²) in [7, 11) is 0. The van der Waals surface area contributed by atoms with Crippen LogP contribution in [-0.2, 0) is 6.54 Å². The SMILES string of the molecule is Cc1cnc(Cn2ncc(N)n2)nc1. The fourth-order valence-corrected chi connectivity index (χ4v) is 1.01. The normalized spacial score (nSPS) is 10.4. The van der Waals surface area contributed by atoms with E-state index in [2.05, 4.69) is 20.2 Å². The first-order chi connectivity index (χ1) is 6.74. The van der Waals surface area contributed by atoms with E-state index < -0.39 is 0 Å². The van der Waals surface area contributed by atoms with Crippen LogP contribution in [0.1, 0.15) is 11.4 Å². The Morgan fingerprint density at radius 1 is 1.29 bits per heavy atom. The summed E-state index contributed by atoms with van der Waals surface area (Å²) in [5, 5.41) is 7.87. The van der Waals surface area contributed by atoms with Crippen LogP contribution in [0.3, 0.4) is 0 Å². The summed E-state index contributed by atoms with van der Waals surface area (Å²) in [6.45, 7) is 2.38. The average Bonchev–Trinajstić information content (AvgIpc) is 2.56. The number of hydrogen-bond donors (Lipinski definition) is 1. The highest BCUT2D eigenvalue weighted by molar-refractivity contribution is 5.19. The lowest BCUT2D eigenvalue weighted by atomic mass is 10.4. The van der Waals surface area contributed by atoms with Gasteiger partial charge in [-0.3, -0.25) is 0 Å². The van der Waals surface area contributed by atoms with Crippen molar-refractivity contribution < 1.29 is 0 Å². The second-order valence-corrected chi connectivity index (χ2v) is 2.98. The van der Waals surface area contributed by atoms with Crippen LogP contribution >= 0.6 is 0 Å². The minimum absolute atomic E-state index is 0.400. The summed E-state index contributed by atoms with van der Waals surface area (Å²) in [6.07, 6.45) is 5.01. The second kappa shape index (κ2) is 3.41. The summed E-state index contributed by atoms with van der Waals surface area (Å²) < 4.78 is 0. The number of aromatic nitrogens is 5. The summed E-state index contributed by atoms with van der Waals surface area (Å²) in [4.78, 5) is 9.72. The van der Waals surface area contributed by atoms with E-state index in [1.807, 2.05) is 6.92 Å². The molecule has 0 saturated heterocycles. The van der Waals surface area contributed by atoms with Crippen molar-refractivity contribution in [2.45, 2.75) is 13.5 Å². The lowest BCUT2D eigenvalue weighted by molar-refractivity contribution is 0.572. The molecule has 6 heteroatoms. The third kappa shape index (κ3) is 1.85. The first-order valence-corrected chi connectivity index (χ1v) is 4.17. The maximum absolute atomic E-state index is 5.42. The van der Waals surface area contributed by atoms with E-state index in [9.17, 15) is 0 Å². The fourth-order valence-electron chi connectivity index (χ4n) is 1.01. The average molecular weight is 190 g/mol. The molecule has 0 fully saturated rings. The standard InChI is InChI=1S/C8H10N6/c1-6-2-10-8(11-3-6)5-14-12-4-7(9)13-14/h2-4H,5H2,1H3,(H2,9,13). The van der Waals surface area contributed by atoms with Gasteiger partial charge in [0, 0.05) is 12.4 Å². The van der Waals surface area contributed by atoms with Crippen LogP contribution in [-0.4, -0.2) is 25.0 Å². The van der Waals surface area contributed by atoms with Gasteiger partial charge in [-0.2, -0.15) is 9.90 Å². The Morgan fingerprint density at radius 3 is 2.57 bits per heavy atom. The maximum atomic E-state index is 5.42. The van der Waals surface area contributed by atoms with Gasteiger partial charge in [0.2, 0.25) is 0 Å². The number of nitrogens with zero attached hydrogens (tertiary/aromatic N) is 5. The summed E-state index contributed by atoms with van der Waals surface area (Å²) in [5.74, 6) is 1.07. The number of hydrogen-bond acceptors (Lipinski definition) is 5. The monoisotopic (exact) mass is 190 g/mol. The first kappa shape index (κ1) is 8.61. The Morgan fingerprint density at radius 2 is 2.00 bits per heavy atom. The molecule has 0 saturated carbocycles. The molecule has 6 nitrogen and oxygen atoms in total. The molecule has 0 aromatic carbocycles. The van der Waals surface area contributed by atoms with Crippen LogP contribution in [0, 0.1) is 6.92 Å². The molecule has 0 amide bonds. The molecule has 0 bridgehead atoms. The van der Waals surface area contributed by atoms with Crippen molar-refractivity contribution in [2.24, 2.45) is 0 Å². The van der Waals surface area contributed by atoms with Gasteiger partial charge >= 0.3 is 0 Å². The highest BCUT2D eigenvalue weighted by Crippen LogP contribution is 1.97. The zero-order chi connectivity index (χ0) is 9.97. The summed E-state index contributed by atoms with van der Waals surface area (Å²) >= 11 is 0. The quantitative estimate of drug-likeness (QED) is 0.721. The molecule has 2 N–H and O–H groups in total. The summed E-state index contributed by atoms with van der Waals surface area (Å²) in [6, 6.07) is 0. The maximum Gasteiger partial charge on any atom is 0.165 e. The van der Waals surface area contributed by atoms with E-state index in [0.717, 1.165) is 5.56 Å². The second-order valence-electron chi connectivity index (χ2n) is 2.98. The highest BCUT2D eigenvalue weighted by Gasteiger charge is 2.00. The van der Waals surface area contributed by atoms with Crippen LogP contribution in [0.4, 0.5) is 5.82 Å². The third-order valence-electron chi connectivity index (χ3n) is 1.67. The molecule has 0 atom stereocenters. The third-order valence-corrected chi connectivity index (χ3v) is 1.67. The van der Waals surface area contributed by atoms with Gasteiger partial charge in [0.1, 0.15) is 6.54 Å². The highest BCUT2D eigenvalue weighted by atomic mass is 15.5. The Balaban J connectivity index is 2.15. The van der Waals surface area contributed by atoms with E-state index in [1.165, 1.54) is 11.0 Å². The van der Waals surface area contributed by atoms with Gasteiger partial charge in [-0.15, -0.1) is 5.10 Å². The van der Waals surface area contributed by atoms with Crippen LogP contribution in [0.25, 0.3) is 0 Å². The predicted octanol–water partition coefficient (Wildman–Crippen LogP) is 0.00702. The van der Waals surface area contributed by atoms with Crippen molar-refractivity contribution in [2.75, 3.05) is 5.73 Å². The molecule has 0 spiro atoms. The van der Waals surface area contributed by atoms with Gasteiger partial charge in [-0.1, -0.05) is 0 Å². The number of nitrogen functional groups attached to an aromatic ring is 1. The molecule has 0 unspecified atom stereocenters. The van der Waals surface area contributed by atoms with Crippen molar-refractivity contribution in [3.05, 3.63) is 30.0 Å². The largest absolute Gasteiger partial charge is 0.381 e. The van der Waals surface area contributed by atoms with Crippen LogP contribution in [0.15, 0.2) is 18.6 Å². The van der Waals surface area contributed by atoms with Crippen molar-refractivity contribution in [1.82, 2.24) is 25.0 Å². The van der Waals surface area contributed by atoms with Crippen molar-refractivity contribution >= 4 is 5.82 Å². The van der Waals surface area contributed by atoms with Crippen LogP contribution in [0.5, 0.6) is 0 Å². The van der Waals surface area contributed by atoms with Gasteiger partial charge in [0.25, 0.3) is 0 Å². The predicted molar refractivity (Wildman–Crippen MR) is 50.3 cm³/mol. The minimum Gasteiger partial charge on any atom is -0.381 e. The number of aryl methyl sites for hydroxylation is 1. The van der Waals surface area contributed by atoms with E-state index in [1.54, 1.807) is 12.4 Å². The molecule has 2 rings (SSSR count). The Bertz CT molecular complexity index is 418. The molecule has 0 aliphatic rings. The zero-order valence-electron chi connectivity index (χ0n) is 7.75. The summed E-state index contributed by atoms with van der Waals surface area (Å²) in [5.41, 5.74) is 6.45. The molecule has 72 valence electrons. The molecular formula is C8H10N6. The van der Waals surface area contributed by atoms with E-state index >= 15 is 0 Å². The molecule has 14 heavy (non-hydrogen) atoms. The molecule has 2 aromatic rings. The Labute approximate surface area is 80.8 Å². The molecule has 2 heterocycles. The van der Waals surface area contributed by atoms with Gasteiger partial charge in [0.05, 0.1) is 6.20 Å². The zero-order valence-corrected chi connectivity index (χ0v) is 7.75. The fraction of sp³-hybridized carbons (Fsp3) is 0.250. The van der Waals surface area contributed by atoms with E-state index in [-0.39, 0.29) is 0 Å². The number of rotatable bonds is 2. The molecule has 2 aromatic heterocycles. The van der Waals surface area contributed by atoms with Crippen molar-refractivity contribution in [3.63, 3.8) is 0 Å². The van der Waals surface area contributed by atoms with E-state index in [0.29, 0.717) is 18.2 Å². The van der Waals surface area contributed by atoms with Crippen molar-refractivity contribution in [1.29, 1.82) is 0 Å². The van der Waals surface area contributed by atoms with E-state index in [4.69, 9.17) is 5.73 Å². The lowest BCUT2D eigenvalue weighted by Crippen LogP contribution is -2.07. The smallest absolute Gasteiger partial charge is 0.165 e. The van der Waals surface area contributed by atoms with Gasteiger partial charge in [0.15, 0.2) is 11.6 Å². The van der Waals surface area contributed by atoms with Crippen molar-refractivity contribution in [3.8, 4) is 0 Å². The molecule has 0 aliphatic carbocycles. The first-order valence-electron chi connectivity index (χ1n) is 4.17. The number of nitrogens with two attached hydrogens (primary N) is 1. The van der Waals surface area contributed by atoms with Gasteiger partial charge < -0.3 is 5.73 Å². The number of anilines is 1. The van der Waals surface area contributed by atoms with Crippen LogP contribution < -0.4 is 5.73 Å². The Kier molecular flexibility index (Phi) is 2.10. The van der Waals surface area contributed by atoms with Gasteiger partial charge in [-0.25, -0.2) is 9.97 Å².